The van der Waals surface area contributed by atoms with Crippen molar-refractivity contribution in [3.8, 4) is 0 Å². The lowest BCUT2D eigenvalue weighted by Gasteiger charge is -2.18. The predicted molar refractivity (Wildman–Crippen MR) is 44.8 cm³/mol. The fourth-order valence-electron chi connectivity index (χ4n) is 1.72. The Kier molecular flexibility index (Phi) is 1.80. The van der Waals surface area contributed by atoms with Crippen molar-refractivity contribution in [3.05, 3.63) is 35.6 Å². The Morgan fingerprint density at radius 1 is 1.36 bits per heavy atom. The maximum absolute atomic E-state index is 12.9. The first-order valence-corrected chi connectivity index (χ1v) is 4.54. The van der Waals surface area contributed by atoms with E-state index in [0.29, 0.717) is 6.61 Å². The SMILES string of the molecule is Fc1cccc([C@H]2OOC[C@H]3O[C@@H]23)c1. The van der Waals surface area contributed by atoms with E-state index in [1.165, 1.54) is 12.1 Å². The molecule has 0 aliphatic carbocycles. The Morgan fingerprint density at radius 3 is 3.14 bits per heavy atom. The van der Waals surface area contributed by atoms with Gasteiger partial charge in [0.15, 0.2) is 0 Å². The molecule has 2 aliphatic heterocycles. The highest BCUT2D eigenvalue weighted by atomic mass is 19.1. The lowest BCUT2D eigenvalue weighted by Crippen LogP contribution is -2.22. The summed E-state index contributed by atoms with van der Waals surface area (Å²) in [6.07, 6.45) is -0.132. The molecule has 2 heterocycles. The molecule has 2 fully saturated rings. The predicted octanol–water partition coefficient (Wildman–Crippen LogP) is 1.60. The third-order valence-corrected chi connectivity index (χ3v) is 2.50. The van der Waals surface area contributed by atoms with Crippen molar-refractivity contribution in [2.45, 2.75) is 18.3 Å². The van der Waals surface area contributed by atoms with E-state index in [0.717, 1.165) is 5.56 Å². The largest absolute Gasteiger partial charge is 0.364 e. The lowest BCUT2D eigenvalue weighted by atomic mass is 10.0. The van der Waals surface area contributed by atoms with Crippen molar-refractivity contribution < 1.29 is 18.9 Å². The summed E-state index contributed by atoms with van der Waals surface area (Å²) < 4.78 is 18.2. The van der Waals surface area contributed by atoms with Crippen LogP contribution in [0.15, 0.2) is 24.3 Å². The maximum Gasteiger partial charge on any atom is 0.147 e. The van der Waals surface area contributed by atoms with Gasteiger partial charge in [-0.05, 0) is 17.7 Å². The van der Waals surface area contributed by atoms with Crippen molar-refractivity contribution in [1.82, 2.24) is 0 Å². The molecule has 0 spiro atoms. The molecule has 0 amide bonds. The van der Waals surface area contributed by atoms with Crippen molar-refractivity contribution in [1.29, 1.82) is 0 Å². The number of fused-ring (bicyclic) bond motifs is 1. The number of epoxide rings is 1. The van der Waals surface area contributed by atoms with E-state index < -0.39 is 0 Å². The summed E-state index contributed by atoms with van der Waals surface area (Å²) in [6, 6.07) is 6.30. The summed E-state index contributed by atoms with van der Waals surface area (Å²) in [5, 5.41) is 0. The quantitative estimate of drug-likeness (QED) is 0.505. The van der Waals surface area contributed by atoms with Gasteiger partial charge in [0.05, 0.1) is 0 Å². The Balaban J connectivity index is 1.87. The first-order chi connectivity index (χ1) is 6.84. The van der Waals surface area contributed by atoms with Crippen molar-refractivity contribution in [3.63, 3.8) is 0 Å². The average molecular weight is 196 g/mol. The number of halogens is 1. The summed E-state index contributed by atoms with van der Waals surface area (Å²) in [5.41, 5.74) is 0.761. The minimum absolute atomic E-state index is 0.0329. The Bertz CT molecular complexity index is 355. The molecule has 1 aromatic rings. The standard InChI is InChI=1S/C10H9FO3/c11-7-3-1-2-6(4-7)9-10-8(13-10)5-12-14-9/h1-4,8-10H,5H2/t8-,9-,10-/m1/s1. The smallest absolute Gasteiger partial charge is 0.147 e. The van der Waals surface area contributed by atoms with Gasteiger partial charge in [0.2, 0.25) is 0 Å². The Labute approximate surface area is 80.3 Å². The summed E-state index contributed by atoms with van der Waals surface area (Å²) in [6.45, 7) is 0.469. The van der Waals surface area contributed by atoms with Crippen molar-refractivity contribution in [2.75, 3.05) is 6.61 Å². The van der Waals surface area contributed by atoms with Crippen LogP contribution < -0.4 is 0 Å². The molecule has 0 saturated carbocycles. The Morgan fingerprint density at radius 2 is 2.29 bits per heavy atom. The van der Waals surface area contributed by atoms with Gasteiger partial charge in [0, 0.05) is 0 Å². The minimum atomic E-state index is -0.288. The van der Waals surface area contributed by atoms with Crippen LogP contribution in [0.4, 0.5) is 4.39 Å². The molecule has 0 bridgehead atoms. The van der Waals surface area contributed by atoms with Crippen LogP contribution in [0.2, 0.25) is 0 Å². The second-order valence-electron chi connectivity index (χ2n) is 3.50. The van der Waals surface area contributed by atoms with Crippen LogP contribution in [0, 0.1) is 5.82 Å². The van der Waals surface area contributed by atoms with E-state index in [9.17, 15) is 4.39 Å². The number of hydrogen-bond donors (Lipinski definition) is 0. The minimum Gasteiger partial charge on any atom is -0.364 e. The van der Waals surface area contributed by atoms with Gasteiger partial charge in [-0.1, -0.05) is 12.1 Å². The molecule has 74 valence electrons. The molecule has 0 aromatic heterocycles. The molecular formula is C10H9FO3. The van der Waals surface area contributed by atoms with E-state index in [1.807, 2.05) is 0 Å². The van der Waals surface area contributed by atoms with Crippen LogP contribution in [0.25, 0.3) is 0 Å². The zero-order valence-electron chi connectivity index (χ0n) is 7.35. The fraction of sp³-hybridized carbons (Fsp3) is 0.400. The van der Waals surface area contributed by atoms with E-state index in [4.69, 9.17) is 14.5 Å². The monoisotopic (exact) mass is 196 g/mol. The fourth-order valence-corrected chi connectivity index (χ4v) is 1.72. The van der Waals surface area contributed by atoms with Gasteiger partial charge in [0.1, 0.15) is 30.7 Å². The molecule has 0 N–H and O–H groups in total. The van der Waals surface area contributed by atoms with Gasteiger partial charge >= 0.3 is 0 Å². The third-order valence-electron chi connectivity index (χ3n) is 2.50. The molecule has 1 aromatic carbocycles. The summed E-state index contributed by atoms with van der Waals surface area (Å²) in [7, 11) is 0. The Hall–Kier alpha value is -0.970. The van der Waals surface area contributed by atoms with Gasteiger partial charge in [-0.3, -0.25) is 0 Å². The van der Waals surface area contributed by atoms with E-state index >= 15 is 0 Å². The summed E-state index contributed by atoms with van der Waals surface area (Å²) >= 11 is 0. The number of benzene rings is 1. The zero-order chi connectivity index (χ0) is 9.54. The van der Waals surface area contributed by atoms with Gasteiger partial charge in [-0.25, -0.2) is 14.2 Å². The molecule has 2 aliphatic rings. The van der Waals surface area contributed by atoms with Gasteiger partial charge in [0.25, 0.3) is 0 Å². The highest BCUT2D eigenvalue weighted by molar-refractivity contribution is 5.22. The topological polar surface area (TPSA) is 31.0 Å². The van der Waals surface area contributed by atoms with Gasteiger partial charge in [-0.2, -0.15) is 0 Å². The van der Waals surface area contributed by atoms with Crippen LogP contribution in [0.3, 0.4) is 0 Å². The molecule has 0 radical (unpaired) electrons. The number of ether oxygens (including phenoxy) is 1. The van der Waals surface area contributed by atoms with Crippen LogP contribution in [0.1, 0.15) is 11.7 Å². The lowest BCUT2D eigenvalue weighted by molar-refractivity contribution is -0.339. The molecule has 4 heteroatoms. The van der Waals surface area contributed by atoms with Gasteiger partial charge in [-0.15, -0.1) is 0 Å². The summed E-state index contributed by atoms with van der Waals surface area (Å²) in [5.74, 6) is -0.270. The second-order valence-corrected chi connectivity index (χ2v) is 3.50. The molecule has 2 saturated heterocycles. The molecular weight excluding hydrogens is 187 g/mol. The normalized spacial score (nSPS) is 35.1. The first-order valence-electron chi connectivity index (χ1n) is 4.54. The number of hydrogen-bond acceptors (Lipinski definition) is 3. The van der Waals surface area contributed by atoms with Crippen molar-refractivity contribution in [2.24, 2.45) is 0 Å². The maximum atomic E-state index is 12.9. The van der Waals surface area contributed by atoms with Crippen molar-refractivity contribution >= 4 is 0 Å². The highest BCUT2D eigenvalue weighted by Gasteiger charge is 2.50. The molecule has 3 atom stereocenters. The summed E-state index contributed by atoms with van der Waals surface area (Å²) in [4.78, 5) is 9.96. The first kappa shape index (κ1) is 8.35. The molecule has 3 nitrogen and oxygen atoms in total. The van der Waals surface area contributed by atoms with Crippen LogP contribution in [0.5, 0.6) is 0 Å². The molecule has 3 rings (SSSR count). The van der Waals surface area contributed by atoms with Crippen LogP contribution in [-0.4, -0.2) is 18.8 Å². The van der Waals surface area contributed by atoms with Crippen LogP contribution in [-0.2, 0) is 14.5 Å². The van der Waals surface area contributed by atoms with Gasteiger partial charge < -0.3 is 4.74 Å². The second kappa shape index (κ2) is 3.02. The van der Waals surface area contributed by atoms with E-state index in [1.54, 1.807) is 12.1 Å². The highest BCUT2D eigenvalue weighted by Crippen LogP contribution is 2.40. The number of rotatable bonds is 1. The third kappa shape index (κ3) is 1.32. The molecule has 0 unspecified atom stereocenters. The van der Waals surface area contributed by atoms with Crippen LogP contribution >= 0.6 is 0 Å². The van der Waals surface area contributed by atoms with E-state index in [2.05, 4.69) is 0 Å². The van der Waals surface area contributed by atoms with E-state index in [-0.39, 0.29) is 24.1 Å². The molecule has 14 heavy (non-hydrogen) atoms. The zero-order valence-corrected chi connectivity index (χ0v) is 7.35. The average Bonchev–Trinajstić information content (AvgIpc) is 2.95.